The van der Waals surface area contributed by atoms with E-state index < -0.39 is 8.07 Å². The van der Waals surface area contributed by atoms with Gasteiger partial charge in [-0.2, -0.15) is 0 Å². The first-order valence-electron chi connectivity index (χ1n) is 11.0. The zero-order chi connectivity index (χ0) is 19.6. The van der Waals surface area contributed by atoms with Gasteiger partial charge >= 0.3 is 0 Å². The fourth-order valence-electron chi connectivity index (χ4n) is 4.24. The molecule has 0 amide bonds. The third-order valence-corrected chi connectivity index (χ3v) is 7.63. The highest BCUT2D eigenvalue weighted by molar-refractivity contribution is 6.76. The van der Waals surface area contributed by atoms with Crippen LogP contribution in [0.25, 0.3) is 0 Å². The van der Waals surface area contributed by atoms with Crippen molar-refractivity contribution in [1.82, 2.24) is 4.90 Å². The maximum atomic E-state index is 2.55. The predicted octanol–water partition coefficient (Wildman–Crippen LogP) is 7.43. The maximum absolute atomic E-state index is 2.55. The molecule has 0 aliphatic rings. The lowest BCUT2D eigenvalue weighted by molar-refractivity contribution is 0.244. The smallest absolute Gasteiger partial charge is 0.0445 e. The Kier molecular flexibility index (Phi) is 10.8. The van der Waals surface area contributed by atoms with E-state index in [1.807, 2.05) is 0 Å². The Labute approximate surface area is 165 Å². The molecule has 1 aromatic rings. The normalized spacial score (nSPS) is 15.8. The van der Waals surface area contributed by atoms with Crippen LogP contribution in [0.3, 0.4) is 0 Å². The third kappa shape index (κ3) is 9.37. The van der Waals surface area contributed by atoms with E-state index in [2.05, 4.69) is 82.8 Å². The van der Waals surface area contributed by atoms with Crippen molar-refractivity contribution in [2.45, 2.75) is 96.4 Å². The van der Waals surface area contributed by atoms with Crippen molar-refractivity contribution in [3.8, 4) is 0 Å². The molecule has 0 radical (unpaired) electrons. The molecule has 0 bridgehead atoms. The number of nitrogens with zero attached hydrogens (tertiary/aromatic N) is 1. The van der Waals surface area contributed by atoms with E-state index in [1.54, 1.807) is 0 Å². The number of rotatable bonds is 13. The van der Waals surface area contributed by atoms with Crippen molar-refractivity contribution in [2.75, 3.05) is 14.1 Å². The molecule has 0 N–H and O–H groups in total. The molecule has 1 aromatic carbocycles. The van der Waals surface area contributed by atoms with Gasteiger partial charge in [-0.25, -0.2) is 0 Å². The van der Waals surface area contributed by atoms with E-state index in [0.29, 0.717) is 12.0 Å². The Bertz CT molecular complexity index is 463. The Hall–Kier alpha value is -0.603. The van der Waals surface area contributed by atoms with Crippen molar-refractivity contribution in [1.29, 1.82) is 0 Å². The molecular formula is C24H45NSi. The molecule has 0 saturated heterocycles. The molecule has 0 aromatic heterocycles. The predicted molar refractivity (Wildman–Crippen MR) is 122 cm³/mol. The molecule has 26 heavy (non-hydrogen) atoms. The monoisotopic (exact) mass is 375 g/mol. The van der Waals surface area contributed by atoms with Gasteiger partial charge in [0.25, 0.3) is 0 Å². The van der Waals surface area contributed by atoms with Gasteiger partial charge in [-0.3, -0.25) is 0 Å². The Balaban J connectivity index is 2.83. The van der Waals surface area contributed by atoms with E-state index in [1.165, 1.54) is 56.6 Å². The zero-order valence-electron chi connectivity index (χ0n) is 18.7. The zero-order valence-corrected chi connectivity index (χ0v) is 19.7. The highest BCUT2D eigenvalue weighted by atomic mass is 28.3. The summed E-state index contributed by atoms with van der Waals surface area (Å²) in [5.74, 6) is 1.53. The van der Waals surface area contributed by atoms with Crippen molar-refractivity contribution < 1.29 is 0 Å². The van der Waals surface area contributed by atoms with E-state index in [4.69, 9.17) is 0 Å². The number of hydrogen-bond acceptors (Lipinski definition) is 1. The van der Waals surface area contributed by atoms with E-state index in [9.17, 15) is 0 Å². The van der Waals surface area contributed by atoms with Gasteiger partial charge in [-0.1, -0.05) is 101 Å². The molecule has 0 fully saturated rings. The maximum Gasteiger partial charge on any atom is 0.0445 e. The molecule has 3 atom stereocenters. The first-order valence-corrected chi connectivity index (χ1v) is 14.7. The second kappa shape index (κ2) is 12.0. The van der Waals surface area contributed by atoms with Crippen LogP contribution in [0.15, 0.2) is 30.3 Å². The number of hydrogen-bond donors (Lipinski definition) is 0. The van der Waals surface area contributed by atoms with Gasteiger partial charge in [0.15, 0.2) is 0 Å². The minimum Gasteiger partial charge on any atom is -0.306 e. The van der Waals surface area contributed by atoms with E-state index >= 15 is 0 Å². The number of unbranched alkanes of at least 4 members (excludes halogenated alkanes) is 4. The highest BCUT2D eigenvalue weighted by Crippen LogP contribution is 2.35. The average Bonchev–Trinajstić information content (AvgIpc) is 2.58. The average molecular weight is 376 g/mol. The molecule has 0 saturated carbocycles. The molecule has 2 heteroatoms. The van der Waals surface area contributed by atoms with Crippen LogP contribution in [0.1, 0.15) is 70.3 Å². The molecule has 0 aliphatic heterocycles. The van der Waals surface area contributed by atoms with Crippen molar-refractivity contribution in [3.05, 3.63) is 35.9 Å². The molecule has 0 heterocycles. The summed E-state index contributed by atoms with van der Waals surface area (Å²) in [6.07, 6.45) is 9.80. The lowest BCUT2D eigenvalue weighted by atomic mass is 9.82. The van der Waals surface area contributed by atoms with Crippen LogP contribution >= 0.6 is 0 Å². The van der Waals surface area contributed by atoms with E-state index in [0.717, 1.165) is 5.92 Å². The van der Waals surface area contributed by atoms with Crippen molar-refractivity contribution in [3.63, 3.8) is 0 Å². The van der Waals surface area contributed by atoms with Gasteiger partial charge in [0, 0.05) is 14.1 Å². The second-order valence-electron chi connectivity index (χ2n) is 9.79. The summed E-state index contributed by atoms with van der Waals surface area (Å²) in [7, 11) is 3.43. The largest absolute Gasteiger partial charge is 0.306 e. The third-order valence-electron chi connectivity index (χ3n) is 5.83. The SMILES string of the molecule is CCCCCCCC(C[C@@H](c1ccccc1)[C@@H](C)N(C)C)C[Si](C)(C)C. The minimum absolute atomic E-state index is 0.585. The van der Waals surface area contributed by atoms with E-state index in [-0.39, 0.29) is 0 Å². The van der Waals surface area contributed by atoms with Gasteiger partial charge in [-0.15, -0.1) is 0 Å². The second-order valence-corrected chi connectivity index (χ2v) is 15.3. The summed E-state index contributed by atoms with van der Waals surface area (Å²) < 4.78 is 0. The molecule has 1 unspecified atom stereocenters. The van der Waals surface area contributed by atoms with Gasteiger partial charge < -0.3 is 4.90 Å². The van der Waals surface area contributed by atoms with Crippen molar-refractivity contribution in [2.24, 2.45) is 5.92 Å². The van der Waals surface area contributed by atoms with Gasteiger partial charge in [0.1, 0.15) is 0 Å². The topological polar surface area (TPSA) is 3.24 Å². The van der Waals surface area contributed by atoms with Gasteiger partial charge in [-0.05, 0) is 44.8 Å². The first-order chi connectivity index (χ1) is 12.2. The van der Waals surface area contributed by atoms with Crippen LogP contribution in [-0.4, -0.2) is 33.1 Å². The summed E-state index contributed by atoms with van der Waals surface area (Å²) in [4.78, 5) is 2.41. The summed E-state index contributed by atoms with van der Waals surface area (Å²) in [5.41, 5.74) is 1.53. The van der Waals surface area contributed by atoms with Crippen LogP contribution in [0.4, 0.5) is 0 Å². The minimum atomic E-state index is -1.04. The lowest BCUT2D eigenvalue weighted by Crippen LogP contribution is -2.33. The van der Waals surface area contributed by atoms with Crippen LogP contribution in [0, 0.1) is 5.92 Å². The summed E-state index contributed by atoms with van der Waals surface area (Å²) in [6.45, 7) is 12.4. The van der Waals surface area contributed by atoms with Crippen LogP contribution < -0.4 is 0 Å². The van der Waals surface area contributed by atoms with Crippen LogP contribution in [0.2, 0.25) is 25.7 Å². The fraction of sp³-hybridized carbons (Fsp3) is 0.750. The molecule has 0 spiro atoms. The quantitative estimate of drug-likeness (QED) is 0.256. The number of likely N-dealkylation sites (N-methyl/N-ethyl adjacent to an activating group) is 1. The Morgan fingerprint density at radius 3 is 2.08 bits per heavy atom. The summed E-state index contributed by atoms with van der Waals surface area (Å²) in [5, 5.41) is 0. The van der Waals surface area contributed by atoms with Gasteiger partial charge in [0.05, 0.1) is 0 Å². The van der Waals surface area contributed by atoms with Crippen molar-refractivity contribution >= 4 is 8.07 Å². The summed E-state index contributed by atoms with van der Waals surface area (Å²) >= 11 is 0. The summed E-state index contributed by atoms with van der Waals surface area (Å²) in [6, 6.07) is 13.3. The number of benzene rings is 1. The van der Waals surface area contributed by atoms with Crippen LogP contribution in [0.5, 0.6) is 0 Å². The molecule has 0 aliphatic carbocycles. The molecule has 150 valence electrons. The first kappa shape index (κ1) is 23.4. The Morgan fingerprint density at radius 1 is 0.923 bits per heavy atom. The highest BCUT2D eigenvalue weighted by Gasteiger charge is 2.27. The Morgan fingerprint density at radius 2 is 1.54 bits per heavy atom. The standard InChI is InChI=1S/C24H45NSi/c1-8-9-10-11-13-16-22(20-26(5,6)7)19-24(21(2)25(3)4)23-17-14-12-15-18-23/h12,14-15,17-18,21-22,24H,8-11,13,16,19-20H2,1-7H3/t21-,22?,24-/m1/s1. The van der Waals surface area contributed by atoms with Crippen LogP contribution in [-0.2, 0) is 0 Å². The fourth-order valence-corrected chi connectivity index (χ4v) is 6.34. The molecule has 1 rings (SSSR count). The molecular weight excluding hydrogens is 330 g/mol. The van der Waals surface area contributed by atoms with Gasteiger partial charge in [0.2, 0.25) is 0 Å². The lowest BCUT2D eigenvalue weighted by Gasteiger charge is -2.34. The molecule has 1 nitrogen and oxygen atoms in total.